The first kappa shape index (κ1) is 20.0. The van der Waals surface area contributed by atoms with Gasteiger partial charge in [0.15, 0.2) is 0 Å². The lowest BCUT2D eigenvalue weighted by Crippen LogP contribution is -2.35. The van der Waals surface area contributed by atoms with E-state index in [-0.39, 0.29) is 0 Å². The molecule has 0 aromatic rings. The van der Waals surface area contributed by atoms with Gasteiger partial charge in [0.2, 0.25) is 0 Å². The van der Waals surface area contributed by atoms with Crippen LogP contribution in [0.25, 0.3) is 0 Å². The topological polar surface area (TPSA) is 12.0 Å². The van der Waals surface area contributed by atoms with Gasteiger partial charge in [0.1, 0.15) is 0 Å². The molecule has 0 heterocycles. The summed E-state index contributed by atoms with van der Waals surface area (Å²) in [6.45, 7) is 0. The van der Waals surface area contributed by atoms with Crippen LogP contribution in [0.3, 0.4) is 0 Å². The van der Waals surface area contributed by atoms with E-state index in [0.29, 0.717) is 6.04 Å². The summed E-state index contributed by atoms with van der Waals surface area (Å²) >= 11 is 0. The molecule has 0 bridgehead atoms. The Kier molecular flexibility index (Phi) is 8.77. The third-order valence-corrected chi connectivity index (χ3v) is 6.37. The van der Waals surface area contributed by atoms with Gasteiger partial charge in [-0.1, -0.05) is 112 Å². The second-order valence-corrected chi connectivity index (χ2v) is 8.33. The lowest BCUT2D eigenvalue weighted by Gasteiger charge is -2.30. The van der Waals surface area contributed by atoms with E-state index in [2.05, 4.69) is 72.2 Å². The number of hydrogen-bond acceptors (Lipinski definition) is 1. The molecule has 1 heteroatoms. The van der Waals surface area contributed by atoms with Crippen LogP contribution in [0.4, 0.5) is 0 Å². The van der Waals surface area contributed by atoms with Crippen molar-refractivity contribution < 1.29 is 0 Å². The van der Waals surface area contributed by atoms with Crippen molar-refractivity contribution in [1.82, 2.24) is 5.32 Å². The zero-order chi connectivity index (χ0) is 18.6. The minimum atomic E-state index is 0.646. The maximum absolute atomic E-state index is 3.92. The molecule has 0 aromatic carbocycles. The van der Waals surface area contributed by atoms with Crippen molar-refractivity contribution in [3.8, 4) is 0 Å². The van der Waals surface area contributed by atoms with Crippen molar-refractivity contribution in [3.05, 3.63) is 72.5 Å². The Balaban J connectivity index is 1.66. The predicted octanol–water partition coefficient (Wildman–Crippen LogP) is 7.17. The molecule has 0 radical (unpaired) electrons. The summed E-state index contributed by atoms with van der Waals surface area (Å²) in [5.74, 6) is 1.79. The maximum Gasteiger partial charge on any atom is 0.0342 e. The third-order valence-electron chi connectivity index (χ3n) is 6.37. The fourth-order valence-electron chi connectivity index (χ4n) is 4.96. The summed E-state index contributed by atoms with van der Waals surface area (Å²) < 4.78 is 0. The highest BCUT2D eigenvalue weighted by Gasteiger charge is 2.33. The minimum Gasteiger partial charge on any atom is -0.382 e. The van der Waals surface area contributed by atoms with Gasteiger partial charge in [-0.25, -0.2) is 0 Å². The Morgan fingerprint density at radius 2 is 1.15 bits per heavy atom. The highest BCUT2D eigenvalue weighted by molar-refractivity contribution is 5.29. The molecule has 2 unspecified atom stereocenters. The molecule has 0 amide bonds. The first-order valence-corrected chi connectivity index (χ1v) is 11.2. The van der Waals surface area contributed by atoms with Crippen LogP contribution >= 0.6 is 0 Å². The van der Waals surface area contributed by atoms with Gasteiger partial charge >= 0.3 is 0 Å². The number of allylic oxidation sites excluding steroid dienone is 11. The van der Waals surface area contributed by atoms with Gasteiger partial charge in [0.05, 0.1) is 0 Å². The van der Waals surface area contributed by atoms with E-state index >= 15 is 0 Å². The van der Waals surface area contributed by atoms with Crippen molar-refractivity contribution in [3.63, 3.8) is 0 Å². The molecule has 27 heavy (non-hydrogen) atoms. The van der Waals surface area contributed by atoms with Gasteiger partial charge in [0, 0.05) is 11.7 Å². The predicted molar refractivity (Wildman–Crippen MR) is 118 cm³/mol. The van der Waals surface area contributed by atoms with E-state index in [1.807, 2.05) is 0 Å². The Morgan fingerprint density at radius 3 is 1.85 bits per heavy atom. The van der Waals surface area contributed by atoms with E-state index < -0.39 is 0 Å². The molecule has 0 aromatic heterocycles. The summed E-state index contributed by atoms with van der Waals surface area (Å²) in [4.78, 5) is 0. The minimum absolute atomic E-state index is 0.646. The highest BCUT2D eigenvalue weighted by atomic mass is 14.9. The molecule has 3 aliphatic rings. The lowest BCUT2D eigenvalue weighted by atomic mass is 9.81. The van der Waals surface area contributed by atoms with Crippen molar-refractivity contribution in [2.75, 3.05) is 0 Å². The molecule has 0 saturated heterocycles. The fraction of sp³-hybridized carbons (Fsp3) is 0.538. The lowest BCUT2D eigenvalue weighted by molar-refractivity contribution is 0.252. The Bertz CT molecular complexity index is 592. The fourth-order valence-corrected chi connectivity index (χ4v) is 4.96. The molecule has 0 spiro atoms. The summed E-state index contributed by atoms with van der Waals surface area (Å²) in [7, 11) is 0. The quantitative estimate of drug-likeness (QED) is 0.560. The van der Waals surface area contributed by atoms with Crippen LogP contribution in [0, 0.1) is 11.8 Å². The van der Waals surface area contributed by atoms with Crippen molar-refractivity contribution in [1.29, 1.82) is 0 Å². The van der Waals surface area contributed by atoms with E-state index in [1.165, 1.54) is 76.3 Å². The maximum atomic E-state index is 3.92. The SMILES string of the molecule is C1=C\C=C/C=C\C(NC2CCCC2C2CCCCCCCC2)=C/C=C\C=C/1. The molecule has 146 valence electrons. The molecule has 1 N–H and O–H groups in total. The van der Waals surface area contributed by atoms with Gasteiger partial charge in [-0.2, -0.15) is 0 Å². The van der Waals surface area contributed by atoms with Gasteiger partial charge in [0.25, 0.3) is 0 Å². The van der Waals surface area contributed by atoms with Crippen molar-refractivity contribution in [2.45, 2.75) is 76.7 Å². The zero-order valence-corrected chi connectivity index (χ0v) is 16.9. The van der Waals surface area contributed by atoms with Crippen LogP contribution in [0.1, 0.15) is 70.6 Å². The number of hydrogen-bond donors (Lipinski definition) is 1. The summed E-state index contributed by atoms with van der Waals surface area (Å²) in [6.07, 6.45) is 39.1. The van der Waals surface area contributed by atoms with Crippen LogP contribution in [-0.4, -0.2) is 6.04 Å². The van der Waals surface area contributed by atoms with E-state index in [1.54, 1.807) is 0 Å². The van der Waals surface area contributed by atoms with Crippen LogP contribution in [-0.2, 0) is 0 Å². The van der Waals surface area contributed by atoms with Gasteiger partial charge < -0.3 is 5.32 Å². The standard InChI is InChI=1S/C26H37N/c1-2-4-10-14-19-24(20-15-11-5-3-1)27-26-22-16-21-25(26)23-17-12-8-6-7-9-13-18-23/h1-5,10-11,14-15,19-20,23,25-27H,6-9,12-13,16-18,21-22H2/b2-1-,3-1?,4-2?,5-3-,10-4-,11-5?,14-10?,15-11-,19-14-,20-15?,24-19?,24-20+. The molecule has 0 aliphatic heterocycles. The monoisotopic (exact) mass is 363 g/mol. The molecule has 2 fully saturated rings. The van der Waals surface area contributed by atoms with Crippen molar-refractivity contribution >= 4 is 0 Å². The second-order valence-electron chi connectivity index (χ2n) is 8.33. The number of nitrogens with one attached hydrogen (secondary N) is 1. The summed E-state index contributed by atoms with van der Waals surface area (Å²) in [5.41, 5.74) is 1.24. The average molecular weight is 364 g/mol. The van der Waals surface area contributed by atoms with Crippen LogP contribution in [0.15, 0.2) is 72.5 Å². The number of rotatable bonds is 3. The molecule has 3 rings (SSSR count). The Hall–Kier alpha value is -1.76. The van der Waals surface area contributed by atoms with E-state index in [4.69, 9.17) is 0 Å². The average Bonchev–Trinajstić information content (AvgIpc) is 3.16. The molecule has 2 saturated carbocycles. The second kappa shape index (κ2) is 11.8. The normalized spacial score (nSPS) is 35.8. The first-order valence-electron chi connectivity index (χ1n) is 11.2. The molecular weight excluding hydrogens is 326 g/mol. The Morgan fingerprint density at radius 1 is 0.556 bits per heavy atom. The van der Waals surface area contributed by atoms with Crippen molar-refractivity contribution in [2.24, 2.45) is 11.8 Å². The van der Waals surface area contributed by atoms with Crippen LogP contribution in [0.5, 0.6) is 0 Å². The molecule has 1 nitrogen and oxygen atoms in total. The van der Waals surface area contributed by atoms with Crippen LogP contribution < -0.4 is 5.32 Å². The molecule has 2 atom stereocenters. The van der Waals surface area contributed by atoms with Gasteiger partial charge in [-0.3, -0.25) is 0 Å². The summed E-state index contributed by atoms with van der Waals surface area (Å²) in [6, 6.07) is 0.646. The summed E-state index contributed by atoms with van der Waals surface area (Å²) in [5, 5.41) is 3.92. The van der Waals surface area contributed by atoms with E-state index in [0.717, 1.165) is 11.8 Å². The van der Waals surface area contributed by atoms with E-state index in [9.17, 15) is 0 Å². The van der Waals surface area contributed by atoms with Crippen LogP contribution in [0.2, 0.25) is 0 Å². The Labute approximate surface area is 166 Å². The molecular formula is C26H37N. The third kappa shape index (κ3) is 7.05. The smallest absolute Gasteiger partial charge is 0.0342 e. The van der Waals surface area contributed by atoms with Gasteiger partial charge in [-0.15, -0.1) is 0 Å². The molecule has 3 aliphatic carbocycles. The zero-order valence-electron chi connectivity index (χ0n) is 16.9. The first-order chi connectivity index (χ1) is 13.4. The largest absolute Gasteiger partial charge is 0.382 e. The highest BCUT2D eigenvalue weighted by Crippen LogP contribution is 2.38. The van der Waals surface area contributed by atoms with Gasteiger partial charge in [-0.05, 0) is 36.8 Å².